The van der Waals surface area contributed by atoms with Gasteiger partial charge >= 0.3 is 5.97 Å². The van der Waals surface area contributed by atoms with Gasteiger partial charge in [-0.15, -0.1) is 6.58 Å². The van der Waals surface area contributed by atoms with Crippen LogP contribution in [0, 0.1) is 5.82 Å². The van der Waals surface area contributed by atoms with Gasteiger partial charge in [0.15, 0.2) is 0 Å². The summed E-state index contributed by atoms with van der Waals surface area (Å²) in [7, 11) is -4.34. The fraction of sp³-hybridized carbons (Fsp3) is 0.231. The zero-order valence-corrected chi connectivity index (χ0v) is 12.6. The van der Waals surface area contributed by atoms with Gasteiger partial charge in [-0.3, -0.25) is 9.59 Å². The van der Waals surface area contributed by atoms with Gasteiger partial charge in [-0.1, -0.05) is 6.08 Å². The fourth-order valence-electron chi connectivity index (χ4n) is 1.67. The van der Waals surface area contributed by atoms with Gasteiger partial charge in [-0.05, 0) is 18.2 Å². The van der Waals surface area contributed by atoms with E-state index in [9.17, 15) is 22.4 Å². The Kier molecular flexibility index (Phi) is 5.77. The molecule has 2 N–H and O–H groups in total. The molecule has 0 aliphatic rings. The van der Waals surface area contributed by atoms with Crippen LogP contribution in [0.3, 0.4) is 0 Å². The van der Waals surface area contributed by atoms with Crippen LogP contribution in [0.2, 0.25) is 0 Å². The van der Waals surface area contributed by atoms with Crippen molar-refractivity contribution in [3.8, 4) is 0 Å². The van der Waals surface area contributed by atoms with Crippen LogP contribution in [0.1, 0.15) is 6.92 Å². The number of benzene rings is 1. The normalized spacial score (nSPS) is 11.2. The Morgan fingerprint density at radius 1 is 1.45 bits per heavy atom. The fourth-order valence-corrected chi connectivity index (χ4v) is 3.08. The number of carbonyl (C=O) groups is 2. The second-order valence-electron chi connectivity index (χ2n) is 4.31. The molecule has 0 saturated carbocycles. The van der Waals surface area contributed by atoms with Crippen molar-refractivity contribution >= 4 is 27.6 Å². The molecule has 9 heteroatoms. The summed E-state index contributed by atoms with van der Waals surface area (Å²) in [5, 5.41) is 11.1. The maximum Gasteiger partial charge on any atom is 0.318 e. The third-order valence-corrected chi connectivity index (χ3v) is 4.36. The number of nitrogens with one attached hydrogen (secondary N) is 1. The number of hydrogen-bond acceptors (Lipinski definition) is 4. The van der Waals surface area contributed by atoms with Crippen LogP contribution in [0.15, 0.2) is 35.7 Å². The van der Waals surface area contributed by atoms with Gasteiger partial charge in [0.1, 0.15) is 17.3 Å². The minimum Gasteiger partial charge on any atom is -0.480 e. The minimum absolute atomic E-state index is 0.0949. The van der Waals surface area contributed by atoms with Gasteiger partial charge in [0, 0.05) is 19.2 Å². The summed E-state index contributed by atoms with van der Waals surface area (Å²) >= 11 is 0. The number of carbonyl (C=O) groups excluding carboxylic acids is 1. The van der Waals surface area contributed by atoms with E-state index < -0.39 is 39.2 Å². The molecule has 0 spiro atoms. The van der Waals surface area contributed by atoms with E-state index in [-0.39, 0.29) is 12.2 Å². The summed E-state index contributed by atoms with van der Waals surface area (Å²) in [6, 6.07) is 3.03. The second kappa shape index (κ2) is 7.14. The Bertz CT molecular complexity index is 702. The summed E-state index contributed by atoms with van der Waals surface area (Å²) in [6.07, 6.45) is 1.20. The van der Waals surface area contributed by atoms with Crippen LogP contribution in [0.4, 0.5) is 10.1 Å². The van der Waals surface area contributed by atoms with E-state index in [1.54, 1.807) is 0 Å². The van der Waals surface area contributed by atoms with E-state index in [2.05, 4.69) is 11.9 Å². The van der Waals surface area contributed by atoms with Crippen LogP contribution in [-0.2, 0) is 19.6 Å². The molecule has 22 heavy (non-hydrogen) atoms. The topological polar surface area (TPSA) is 104 Å². The lowest BCUT2D eigenvalue weighted by Crippen LogP contribution is -2.36. The van der Waals surface area contributed by atoms with Crippen LogP contribution in [0.5, 0.6) is 0 Å². The van der Waals surface area contributed by atoms with Gasteiger partial charge in [-0.25, -0.2) is 12.8 Å². The Hall–Kier alpha value is -2.26. The first-order valence-electron chi connectivity index (χ1n) is 6.08. The SMILES string of the molecule is C=CCN(CC(=O)O)S(=O)(=O)c1ccc(NC(C)=O)cc1F. The Morgan fingerprint density at radius 3 is 2.55 bits per heavy atom. The van der Waals surface area contributed by atoms with Crippen molar-refractivity contribution in [1.29, 1.82) is 0 Å². The van der Waals surface area contributed by atoms with Crippen molar-refractivity contribution in [1.82, 2.24) is 4.31 Å². The molecule has 7 nitrogen and oxygen atoms in total. The smallest absolute Gasteiger partial charge is 0.318 e. The third kappa shape index (κ3) is 4.37. The second-order valence-corrected chi connectivity index (χ2v) is 6.21. The van der Waals surface area contributed by atoms with E-state index in [0.29, 0.717) is 4.31 Å². The molecular weight excluding hydrogens is 315 g/mol. The number of carboxylic acids is 1. The number of amides is 1. The average molecular weight is 330 g/mol. The van der Waals surface area contributed by atoms with E-state index in [4.69, 9.17) is 5.11 Å². The molecule has 0 saturated heterocycles. The quantitative estimate of drug-likeness (QED) is 0.727. The molecule has 0 atom stereocenters. The molecule has 1 rings (SSSR count). The van der Waals surface area contributed by atoms with Crippen LogP contribution in [0.25, 0.3) is 0 Å². The van der Waals surface area contributed by atoms with Crippen molar-refractivity contribution in [3.05, 3.63) is 36.7 Å². The van der Waals surface area contributed by atoms with E-state index in [0.717, 1.165) is 12.1 Å². The third-order valence-electron chi connectivity index (χ3n) is 2.51. The molecule has 1 aromatic carbocycles. The molecule has 0 fully saturated rings. The van der Waals surface area contributed by atoms with Crippen molar-refractivity contribution in [2.24, 2.45) is 0 Å². The molecular formula is C13H15FN2O5S. The summed E-state index contributed by atoms with van der Waals surface area (Å²) in [5.74, 6) is -2.90. The van der Waals surface area contributed by atoms with Gasteiger partial charge in [0.2, 0.25) is 15.9 Å². The molecule has 0 radical (unpaired) electrons. The van der Waals surface area contributed by atoms with E-state index in [1.807, 2.05) is 0 Å². The van der Waals surface area contributed by atoms with E-state index in [1.165, 1.54) is 19.1 Å². The first kappa shape index (κ1) is 17.8. The van der Waals surface area contributed by atoms with Crippen LogP contribution in [-0.4, -0.2) is 42.8 Å². The maximum absolute atomic E-state index is 14.0. The molecule has 0 aliphatic carbocycles. The number of aliphatic carboxylic acids is 1. The van der Waals surface area contributed by atoms with E-state index >= 15 is 0 Å². The van der Waals surface area contributed by atoms with Crippen LogP contribution < -0.4 is 5.32 Å². The summed E-state index contributed by atoms with van der Waals surface area (Å²) in [6.45, 7) is 3.47. The average Bonchev–Trinajstić information content (AvgIpc) is 2.36. The summed E-state index contributed by atoms with van der Waals surface area (Å²) in [5.41, 5.74) is 0.0949. The van der Waals surface area contributed by atoms with Gasteiger partial charge in [0.25, 0.3) is 0 Å². The number of rotatable bonds is 7. The standard InChI is InChI=1S/C13H15FN2O5S/c1-3-6-16(8-13(18)19)22(20,21)12-5-4-10(7-11(12)14)15-9(2)17/h3-5,7H,1,6,8H2,2H3,(H,15,17)(H,18,19). The number of hydrogen-bond donors (Lipinski definition) is 2. The number of anilines is 1. The first-order chi connectivity index (χ1) is 10.2. The molecule has 1 aromatic rings. The molecule has 0 aromatic heterocycles. The maximum atomic E-state index is 14.0. The zero-order chi connectivity index (χ0) is 16.9. The highest BCUT2D eigenvalue weighted by Crippen LogP contribution is 2.22. The van der Waals surface area contributed by atoms with Crippen molar-refractivity contribution < 1.29 is 27.5 Å². The monoisotopic (exact) mass is 330 g/mol. The summed E-state index contributed by atoms with van der Waals surface area (Å²) in [4.78, 5) is 20.9. The van der Waals surface area contributed by atoms with Crippen molar-refractivity contribution in [2.75, 3.05) is 18.4 Å². The lowest BCUT2D eigenvalue weighted by molar-refractivity contribution is -0.137. The molecule has 0 bridgehead atoms. The number of carboxylic acid groups (broad SMARTS) is 1. The highest BCUT2D eigenvalue weighted by Gasteiger charge is 2.28. The molecule has 1 amide bonds. The number of halogens is 1. The number of nitrogens with zero attached hydrogens (tertiary/aromatic N) is 1. The Labute approximate surface area is 127 Å². The van der Waals surface area contributed by atoms with Gasteiger partial charge in [-0.2, -0.15) is 4.31 Å². The van der Waals surface area contributed by atoms with Crippen molar-refractivity contribution in [3.63, 3.8) is 0 Å². The first-order valence-corrected chi connectivity index (χ1v) is 7.52. The van der Waals surface area contributed by atoms with Gasteiger partial charge < -0.3 is 10.4 Å². The van der Waals surface area contributed by atoms with Crippen molar-refractivity contribution in [2.45, 2.75) is 11.8 Å². The largest absolute Gasteiger partial charge is 0.480 e. The lowest BCUT2D eigenvalue weighted by atomic mass is 10.3. The highest BCUT2D eigenvalue weighted by atomic mass is 32.2. The Balaban J connectivity index is 3.22. The molecule has 0 aliphatic heterocycles. The van der Waals surface area contributed by atoms with Crippen LogP contribution >= 0.6 is 0 Å². The molecule has 0 unspecified atom stereocenters. The van der Waals surface area contributed by atoms with Gasteiger partial charge in [0.05, 0.1) is 0 Å². The molecule has 0 heterocycles. The Morgan fingerprint density at radius 2 is 2.09 bits per heavy atom. The predicted octanol–water partition coefficient (Wildman–Crippen LogP) is 1.05. The number of sulfonamides is 1. The minimum atomic E-state index is -4.34. The lowest BCUT2D eigenvalue weighted by Gasteiger charge is -2.19. The summed E-state index contributed by atoms with van der Waals surface area (Å²) < 4.78 is 39.2. The predicted molar refractivity (Wildman–Crippen MR) is 77.3 cm³/mol. The zero-order valence-electron chi connectivity index (χ0n) is 11.7. The molecule has 120 valence electrons. The highest BCUT2D eigenvalue weighted by molar-refractivity contribution is 7.89.